The number of fused-ring (bicyclic) bond motifs is 1. The van der Waals surface area contributed by atoms with E-state index in [2.05, 4.69) is 47.7 Å². The fourth-order valence-corrected chi connectivity index (χ4v) is 5.82. The van der Waals surface area contributed by atoms with Crippen molar-refractivity contribution in [2.45, 2.75) is 51.9 Å². The van der Waals surface area contributed by atoms with Gasteiger partial charge in [-0.05, 0) is 99.2 Å². The Labute approximate surface area is 249 Å². The topological polar surface area (TPSA) is 62.9 Å². The Bertz CT molecular complexity index is 1440. The molecule has 4 aromatic rings. The molecule has 1 N–H and O–H groups in total. The Morgan fingerprint density at radius 3 is 1.88 bits per heavy atom. The lowest BCUT2D eigenvalue weighted by atomic mass is 9.87. The van der Waals surface area contributed by atoms with Crippen LogP contribution < -0.4 is 14.2 Å². The molecule has 222 valence electrons. The van der Waals surface area contributed by atoms with Gasteiger partial charge in [-0.3, -0.25) is 9.80 Å². The number of likely N-dealkylation sites (tertiary alicyclic amines) is 2. The monoisotopic (exact) mass is 568 g/mol. The molecule has 0 spiro atoms. The highest BCUT2D eigenvalue weighted by molar-refractivity contribution is 5.86. The molecule has 0 unspecified atom stereocenters. The molecule has 7 heteroatoms. The summed E-state index contributed by atoms with van der Waals surface area (Å²) in [5.41, 5.74) is 4.14. The first-order valence-corrected chi connectivity index (χ1v) is 15.5. The maximum atomic E-state index is 6.33. The smallest absolute Gasteiger partial charge is 0.150 e. The predicted octanol–water partition coefficient (Wildman–Crippen LogP) is 7.27. The summed E-state index contributed by atoms with van der Waals surface area (Å²) in [5, 5.41) is 0. The molecule has 42 heavy (non-hydrogen) atoms. The van der Waals surface area contributed by atoms with Gasteiger partial charge in [0.1, 0.15) is 41.8 Å². The van der Waals surface area contributed by atoms with Crippen molar-refractivity contribution in [1.82, 2.24) is 19.8 Å². The summed E-state index contributed by atoms with van der Waals surface area (Å²) >= 11 is 0. The summed E-state index contributed by atoms with van der Waals surface area (Å²) in [7, 11) is 0. The fourth-order valence-electron chi connectivity index (χ4n) is 5.82. The summed E-state index contributed by atoms with van der Waals surface area (Å²) in [4.78, 5) is 13.4. The minimum Gasteiger partial charge on any atom is -0.492 e. The van der Waals surface area contributed by atoms with Crippen LogP contribution >= 0.6 is 0 Å². The van der Waals surface area contributed by atoms with Crippen LogP contribution in [0.15, 0.2) is 60.7 Å². The first-order chi connectivity index (χ1) is 20.4. The number of aromatic amines is 1. The van der Waals surface area contributed by atoms with E-state index in [0.29, 0.717) is 13.2 Å². The number of benzene rings is 3. The molecule has 6 rings (SSSR count). The van der Waals surface area contributed by atoms with Crippen LogP contribution in [0.3, 0.4) is 0 Å². The van der Waals surface area contributed by atoms with Gasteiger partial charge in [0.25, 0.3) is 0 Å². The number of imidazole rings is 1. The van der Waals surface area contributed by atoms with E-state index in [4.69, 9.17) is 19.2 Å². The number of aromatic nitrogens is 2. The summed E-state index contributed by atoms with van der Waals surface area (Å²) in [5.74, 6) is 3.99. The Morgan fingerprint density at radius 1 is 0.714 bits per heavy atom. The van der Waals surface area contributed by atoms with Crippen LogP contribution in [0.5, 0.6) is 23.0 Å². The largest absolute Gasteiger partial charge is 0.492 e. The molecular formula is C35H44N4O3. The lowest BCUT2D eigenvalue weighted by Gasteiger charge is -2.19. The molecule has 0 amide bonds. The molecule has 7 nitrogen and oxygen atoms in total. The number of rotatable bonds is 11. The van der Waals surface area contributed by atoms with Crippen LogP contribution in [-0.2, 0) is 5.41 Å². The standard InChI is InChI=1S/C35H44N4O3/c1-35(2,3)27-10-14-29(15-11-27)42-28-12-8-26(9-13-28)34-36-31-24-30(40-22-20-38-16-4-5-17-38)25-32(33(31)37-34)41-23-21-39-18-6-7-19-39/h8-15,24-25H,4-7,16-23H2,1-3H3,(H,36,37). The van der Waals surface area contributed by atoms with E-state index < -0.39 is 0 Å². The number of hydrogen-bond donors (Lipinski definition) is 1. The van der Waals surface area contributed by atoms with Crippen molar-refractivity contribution in [2.24, 2.45) is 0 Å². The van der Waals surface area contributed by atoms with Crippen molar-refractivity contribution in [1.29, 1.82) is 0 Å². The Morgan fingerprint density at radius 2 is 1.29 bits per heavy atom. The Hall–Kier alpha value is -3.55. The molecule has 1 aromatic heterocycles. The average Bonchev–Trinajstić information content (AvgIpc) is 3.76. The van der Waals surface area contributed by atoms with Crippen molar-refractivity contribution < 1.29 is 14.2 Å². The summed E-state index contributed by atoms with van der Waals surface area (Å²) in [6, 6.07) is 20.4. The Kier molecular flexibility index (Phi) is 8.68. The molecule has 0 bridgehead atoms. The van der Waals surface area contributed by atoms with E-state index in [1.165, 1.54) is 44.3 Å². The van der Waals surface area contributed by atoms with E-state index in [9.17, 15) is 0 Å². The van der Waals surface area contributed by atoms with Gasteiger partial charge in [0.2, 0.25) is 0 Å². The molecule has 0 aliphatic carbocycles. The SMILES string of the molecule is CC(C)(C)c1ccc(Oc2ccc(-c3nc4c(OCCN5CCCC5)cc(OCCN5CCCC5)cc4[nH]3)cc2)cc1. The van der Waals surface area contributed by atoms with Gasteiger partial charge in [-0.1, -0.05) is 32.9 Å². The van der Waals surface area contributed by atoms with Gasteiger partial charge >= 0.3 is 0 Å². The van der Waals surface area contributed by atoms with E-state index in [0.717, 1.165) is 71.6 Å². The number of nitrogens with one attached hydrogen (secondary N) is 1. The summed E-state index contributed by atoms with van der Waals surface area (Å²) in [6.45, 7) is 14.5. The zero-order valence-corrected chi connectivity index (χ0v) is 25.3. The van der Waals surface area contributed by atoms with Gasteiger partial charge in [-0.15, -0.1) is 0 Å². The zero-order chi connectivity index (χ0) is 28.9. The van der Waals surface area contributed by atoms with E-state index in [-0.39, 0.29) is 5.41 Å². The number of ether oxygens (including phenoxy) is 3. The number of nitrogens with zero attached hydrogens (tertiary/aromatic N) is 3. The molecule has 2 aliphatic rings. The van der Waals surface area contributed by atoms with Gasteiger partial charge in [-0.2, -0.15) is 0 Å². The van der Waals surface area contributed by atoms with Gasteiger partial charge in [-0.25, -0.2) is 4.98 Å². The van der Waals surface area contributed by atoms with Gasteiger partial charge in [0.05, 0.1) is 5.52 Å². The van der Waals surface area contributed by atoms with Crippen molar-refractivity contribution in [3.8, 4) is 34.4 Å². The van der Waals surface area contributed by atoms with Crippen molar-refractivity contribution in [3.63, 3.8) is 0 Å². The first kappa shape index (κ1) is 28.6. The predicted molar refractivity (Wildman–Crippen MR) is 169 cm³/mol. The zero-order valence-electron chi connectivity index (χ0n) is 25.3. The van der Waals surface area contributed by atoms with Crippen LogP contribution in [-0.4, -0.2) is 72.3 Å². The van der Waals surface area contributed by atoms with E-state index in [1.54, 1.807) is 0 Å². The molecule has 0 saturated carbocycles. The van der Waals surface area contributed by atoms with Crippen LogP contribution in [0.25, 0.3) is 22.4 Å². The third kappa shape index (κ3) is 7.08. The molecule has 2 saturated heterocycles. The van der Waals surface area contributed by atoms with Crippen molar-refractivity contribution in [3.05, 3.63) is 66.2 Å². The molecule has 2 aliphatic heterocycles. The molecule has 3 heterocycles. The van der Waals surface area contributed by atoms with Gasteiger partial charge in [0.15, 0.2) is 5.75 Å². The highest BCUT2D eigenvalue weighted by atomic mass is 16.5. The summed E-state index contributed by atoms with van der Waals surface area (Å²) < 4.78 is 18.7. The molecule has 2 fully saturated rings. The average molecular weight is 569 g/mol. The molecule has 0 radical (unpaired) electrons. The highest BCUT2D eigenvalue weighted by Crippen LogP contribution is 2.33. The normalized spacial score (nSPS) is 16.4. The maximum Gasteiger partial charge on any atom is 0.150 e. The second kappa shape index (κ2) is 12.8. The van der Waals surface area contributed by atoms with Crippen molar-refractivity contribution in [2.75, 3.05) is 52.5 Å². The van der Waals surface area contributed by atoms with E-state index in [1.807, 2.05) is 48.5 Å². The minimum atomic E-state index is 0.117. The van der Waals surface area contributed by atoms with Crippen molar-refractivity contribution >= 4 is 11.0 Å². The minimum absolute atomic E-state index is 0.117. The molecule has 3 aromatic carbocycles. The van der Waals surface area contributed by atoms with E-state index >= 15 is 0 Å². The second-order valence-electron chi connectivity index (χ2n) is 12.6. The number of hydrogen-bond acceptors (Lipinski definition) is 6. The van der Waals surface area contributed by atoms with Crippen LogP contribution in [0.4, 0.5) is 0 Å². The van der Waals surface area contributed by atoms with Crippen LogP contribution in [0.2, 0.25) is 0 Å². The lowest BCUT2D eigenvalue weighted by Crippen LogP contribution is -2.25. The second-order valence-corrected chi connectivity index (χ2v) is 12.6. The third-order valence-electron chi connectivity index (χ3n) is 8.35. The first-order valence-electron chi connectivity index (χ1n) is 15.5. The lowest BCUT2D eigenvalue weighted by molar-refractivity contribution is 0.231. The maximum absolute atomic E-state index is 6.33. The number of H-pyrrole nitrogens is 1. The van der Waals surface area contributed by atoms with Crippen LogP contribution in [0.1, 0.15) is 52.0 Å². The van der Waals surface area contributed by atoms with Crippen LogP contribution in [0, 0.1) is 0 Å². The summed E-state index contributed by atoms with van der Waals surface area (Å²) in [6.07, 6.45) is 5.13. The quantitative estimate of drug-likeness (QED) is 0.205. The fraction of sp³-hybridized carbons (Fsp3) is 0.457. The van der Waals surface area contributed by atoms with Gasteiger partial charge < -0.3 is 19.2 Å². The third-order valence-corrected chi connectivity index (χ3v) is 8.35. The Balaban J connectivity index is 1.17. The molecular weight excluding hydrogens is 524 g/mol. The molecule has 0 atom stereocenters. The highest BCUT2D eigenvalue weighted by Gasteiger charge is 2.17. The van der Waals surface area contributed by atoms with Gasteiger partial charge in [0, 0.05) is 30.8 Å².